The Kier molecular flexibility index (Phi) is 7.64. The van der Waals surface area contributed by atoms with Crippen LogP contribution in [0, 0.1) is 0 Å². The van der Waals surface area contributed by atoms with E-state index in [-0.39, 0.29) is 24.4 Å². The number of carbonyl (C=O) groups is 3. The molecule has 200 valence electrons. The second-order valence-corrected chi connectivity index (χ2v) is 10.4. The number of amides is 4. The summed E-state index contributed by atoms with van der Waals surface area (Å²) >= 11 is 12.5. The molecule has 0 unspecified atom stereocenters. The summed E-state index contributed by atoms with van der Waals surface area (Å²) in [6, 6.07) is 21.2. The van der Waals surface area contributed by atoms with Crippen molar-refractivity contribution in [3.05, 3.63) is 105 Å². The molecule has 2 N–H and O–H groups in total. The van der Waals surface area contributed by atoms with Crippen molar-refractivity contribution in [1.29, 1.82) is 0 Å². The molecule has 0 aliphatic carbocycles. The van der Waals surface area contributed by atoms with Gasteiger partial charge in [-0.05, 0) is 48.2 Å². The number of nitrogens with one attached hydrogen (secondary N) is 2. The highest BCUT2D eigenvalue weighted by Gasteiger charge is 2.46. The van der Waals surface area contributed by atoms with Crippen molar-refractivity contribution in [3.63, 3.8) is 0 Å². The fourth-order valence-electron chi connectivity index (χ4n) is 5.05. The van der Waals surface area contributed by atoms with Gasteiger partial charge in [-0.2, -0.15) is 0 Å². The molecular weight excluding hydrogens is 535 g/mol. The van der Waals surface area contributed by atoms with Gasteiger partial charge in [-0.3, -0.25) is 14.5 Å². The van der Waals surface area contributed by atoms with Crippen LogP contribution in [0.1, 0.15) is 31.0 Å². The second-order valence-electron chi connectivity index (χ2n) is 9.54. The van der Waals surface area contributed by atoms with E-state index >= 15 is 0 Å². The summed E-state index contributed by atoms with van der Waals surface area (Å²) in [6.07, 6.45) is 0. The summed E-state index contributed by atoms with van der Waals surface area (Å²) in [5, 5.41) is 6.65. The number of hydrogen-bond acceptors (Lipinski definition) is 3. The first-order chi connectivity index (χ1) is 18.8. The van der Waals surface area contributed by atoms with Gasteiger partial charge in [0.1, 0.15) is 6.04 Å². The van der Waals surface area contributed by atoms with E-state index in [0.29, 0.717) is 40.0 Å². The number of benzene rings is 3. The molecule has 2 atom stereocenters. The molecule has 3 aromatic rings. The lowest BCUT2D eigenvalue weighted by Crippen LogP contribution is -2.47. The van der Waals surface area contributed by atoms with E-state index in [1.807, 2.05) is 61.5 Å². The molecule has 2 aliphatic heterocycles. The minimum Gasteiger partial charge on any atom is -0.350 e. The van der Waals surface area contributed by atoms with Crippen LogP contribution >= 0.6 is 23.2 Å². The topological polar surface area (TPSA) is 81.8 Å². The predicted molar refractivity (Wildman–Crippen MR) is 152 cm³/mol. The molecule has 2 heterocycles. The van der Waals surface area contributed by atoms with Gasteiger partial charge in [0.25, 0.3) is 5.91 Å². The van der Waals surface area contributed by atoms with Crippen LogP contribution in [0.15, 0.2) is 84.1 Å². The maximum atomic E-state index is 13.7. The van der Waals surface area contributed by atoms with Gasteiger partial charge in [0, 0.05) is 23.1 Å². The Morgan fingerprint density at radius 2 is 1.72 bits per heavy atom. The lowest BCUT2D eigenvalue weighted by Gasteiger charge is -2.33. The average Bonchev–Trinajstić information content (AvgIpc) is 3.28. The maximum absolute atomic E-state index is 13.7. The molecule has 0 bridgehead atoms. The van der Waals surface area contributed by atoms with Crippen LogP contribution in [-0.4, -0.2) is 46.8 Å². The molecule has 7 nitrogen and oxygen atoms in total. The fourth-order valence-corrected chi connectivity index (χ4v) is 5.57. The Balaban J connectivity index is 1.30. The van der Waals surface area contributed by atoms with Crippen LogP contribution in [0.2, 0.25) is 10.0 Å². The highest BCUT2D eigenvalue weighted by molar-refractivity contribution is 6.35. The van der Waals surface area contributed by atoms with Crippen molar-refractivity contribution in [1.82, 2.24) is 20.4 Å². The summed E-state index contributed by atoms with van der Waals surface area (Å²) < 4.78 is 0. The van der Waals surface area contributed by atoms with Crippen molar-refractivity contribution in [2.45, 2.75) is 32.5 Å². The number of nitrogens with zero attached hydrogens (tertiary/aromatic N) is 2. The van der Waals surface area contributed by atoms with Crippen LogP contribution in [0.3, 0.4) is 0 Å². The van der Waals surface area contributed by atoms with E-state index in [9.17, 15) is 14.4 Å². The summed E-state index contributed by atoms with van der Waals surface area (Å²) in [7, 11) is 0. The van der Waals surface area contributed by atoms with Crippen molar-refractivity contribution in [2.24, 2.45) is 0 Å². The van der Waals surface area contributed by atoms with Crippen LogP contribution in [0.4, 0.5) is 4.79 Å². The summed E-state index contributed by atoms with van der Waals surface area (Å²) in [5.74, 6) is -0.590. The van der Waals surface area contributed by atoms with Crippen LogP contribution in [0.25, 0.3) is 11.1 Å². The molecule has 0 fully saturated rings. The van der Waals surface area contributed by atoms with Gasteiger partial charge in [-0.25, -0.2) is 4.79 Å². The van der Waals surface area contributed by atoms with Crippen LogP contribution in [-0.2, 0) is 16.1 Å². The minimum atomic E-state index is -0.748. The lowest BCUT2D eigenvalue weighted by atomic mass is 9.95. The third-order valence-electron chi connectivity index (χ3n) is 7.21. The molecule has 0 saturated carbocycles. The molecule has 0 spiro atoms. The third-order valence-corrected chi connectivity index (χ3v) is 7.78. The number of likely N-dealkylation sites (N-methyl/N-ethyl adjacent to an activating group) is 1. The molecule has 39 heavy (non-hydrogen) atoms. The number of carbonyl (C=O) groups excluding carboxylic acids is 3. The zero-order valence-electron chi connectivity index (χ0n) is 21.6. The smallest absolute Gasteiger partial charge is 0.322 e. The number of halogens is 2. The van der Waals surface area contributed by atoms with E-state index in [1.165, 1.54) is 9.80 Å². The highest BCUT2D eigenvalue weighted by Crippen LogP contribution is 2.39. The Morgan fingerprint density at radius 3 is 2.38 bits per heavy atom. The van der Waals surface area contributed by atoms with E-state index in [0.717, 1.165) is 16.7 Å². The van der Waals surface area contributed by atoms with Gasteiger partial charge >= 0.3 is 6.03 Å². The Morgan fingerprint density at radius 1 is 1.03 bits per heavy atom. The zero-order chi connectivity index (χ0) is 27.7. The SMILES string of the molecule is CCN1C(=O)N[C@H](c2ccc(Cl)cc2Cl)C2=C1CN([C@@H](C)C(=O)NCc1ccc(-c3ccccc3)cc1)C2=O. The highest BCUT2D eigenvalue weighted by atomic mass is 35.5. The van der Waals surface area contributed by atoms with Crippen LogP contribution in [0.5, 0.6) is 0 Å². The number of hydrogen-bond donors (Lipinski definition) is 2. The maximum Gasteiger partial charge on any atom is 0.322 e. The molecule has 0 aromatic heterocycles. The predicted octanol–water partition coefficient (Wildman–Crippen LogP) is 5.55. The molecule has 2 aliphatic rings. The van der Waals surface area contributed by atoms with Gasteiger partial charge in [0.05, 0.1) is 23.9 Å². The van der Waals surface area contributed by atoms with Gasteiger partial charge in [0.2, 0.25) is 5.91 Å². The zero-order valence-corrected chi connectivity index (χ0v) is 23.1. The Labute approximate surface area is 237 Å². The van der Waals surface area contributed by atoms with Crippen molar-refractivity contribution in [3.8, 4) is 11.1 Å². The molecule has 5 rings (SSSR count). The molecule has 0 saturated heterocycles. The monoisotopic (exact) mass is 562 g/mol. The summed E-state index contributed by atoms with van der Waals surface area (Å²) in [5.41, 5.74) is 4.74. The van der Waals surface area contributed by atoms with Crippen molar-refractivity contribution in [2.75, 3.05) is 13.1 Å². The molecular formula is C30H28Cl2N4O3. The van der Waals surface area contributed by atoms with E-state index in [4.69, 9.17) is 23.2 Å². The van der Waals surface area contributed by atoms with E-state index < -0.39 is 12.1 Å². The number of urea groups is 1. The van der Waals surface area contributed by atoms with Gasteiger partial charge < -0.3 is 15.5 Å². The normalized spacial score (nSPS) is 17.7. The lowest BCUT2D eigenvalue weighted by molar-refractivity contribution is -0.135. The van der Waals surface area contributed by atoms with E-state index in [2.05, 4.69) is 10.6 Å². The number of rotatable bonds is 7. The Hall–Kier alpha value is -3.81. The summed E-state index contributed by atoms with van der Waals surface area (Å²) in [4.78, 5) is 42.8. The largest absolute Gasteiger partial charge is 0.350 e. The van der Waals surface area contributed by atoms with Gasteiger partial charge in [0.15, 0.2) is 0 Å². The Bertz CT molecular complexity index is 1460. The fraction of sp³-hybridized carbons (Fsp3) is 0.233. The van der Waals surface area contributed by atoms with E-state index in [1.54, 1.807) is 25.1 Å². The first-order valence-electron chi connectivity index (χ1n) is 12.8. The molecule has 4 amide bonds. The molecule has 9 heteroatoms. The third kappa shape index (κ3) is 5.24. The van der Waals surface area contributed by atoms with Crippen LogP contribution < -0.4 is 10.6 Å². The first-order valence-corrected chi connectivity index (χ1v) is 13.5. The van der Waals surface area contributed by atoms with Crippen molar-refractivity contribution >= 4 is 41.0 Å². The summed E-state index contributed by atoms with van der Waals surface area (Å²) in [6.45, 7) is 4.40. The van der Waals surface area contributed by atoms with Crippen molar-refractivity contribution < 1.29 is 14.4 Å². The first kappa shape index (κ1) is 26.8. The molecule has 3 aromatic carbocycles. The average molecular weight is 563 g/mol. The second kappa shape index (κ2) is 11.1. The molecule has 0 radical (unpaired) electrons. The minimum absolute atomic E-state index is 0.150. The quantitative estimate of drug-likeness (QED) is 0.396. The van der Waals surface area contributed by atoms with Gasteiger partial charge in [-0.1, -0.05) is 83.9 Å². The van der Waals surface area contributed by atoms with Gasteiger partial charge in [-0.15, -0.1) is 0 Å². The standard InChI is InChI=1S/C30H28Cl2N4O3/c1-3-35-25-17-36(29(38)26(25)27(34-30(35)39)23-14-13-22(31)15-24(23)32)18(2)28(37)33-16-19-9-11-21(12-10-19)20-7-5-4-6-8-20/h4-15,18,27H,3,16-17H2,1-2H3,(H,33,37)(H,34,39)/t18-,27+/m0/s1.